The van der Waals surface area contributed by atoms with Gasteiger partial charge < -0.3 is 14.2 Å². The van der Waals surface area contributed by atoms with E-state index in [1.165, 1.54) is 0 Å². The van der Waals surface area contributed by atoms with Gasteiger partial charge >= 0.3 is 0 Å². The van der Waals surface area contributed by atoms with E-state index in [0.29, 0.717) is 11.4 Å². The number of hydrogen-bond acceptors (Lipinski definition) is 6. The van der Waals surface area contributed by atoms with Crippen LogP contribution in [0.4, 0.5) is 0 Å². The monoisotopic (exact) mass is 533 g/mol. The molecule has 3 heterocycles. The first kappa shape index (κ1) is 25.5. The van der Waals surface area contributed by atoms with E-state index in [1.54, 1.807) is 24.3 Å². The minimum absolute atomic E-state index is 0.0319. The predicted octanol–water partition coefficient (Wildman–Crippen LogP) is 4.80. The summed E-state index contributed by atoms with van der Waals surface area (Å²) in [7, 11) is 1.64. The van der Waals surface area contributed by atoms with Gasteiger partial charge in [-0.05, 0) is 38.5 Å². The van der Waals surface area contributed by atoms with Gasteiger partial charge in [0, 0.05) is 23.7 Å². The number of allylic oxidation sites excluding steroid dienone is 2. The van der Waals surface area contributed by atoms with Gasteiger partial charge in [-0.1, -0.05) is 65.9 Å². The normalized spacial score (nSPS) is 20.4. The number of aliphatic imine (C=N–C) groups is 1. The van der Waals surface area contributed by atoms with Crippen LogP contribution >= 0.6 is 0 Å². The first-order valence-corrected chi connectivity index (χ1v) is 13.4. The number of fused-ring (bicyclic) bond motifs is 1. The number of carbonyl (C=O) groups is 1. The number of rotatable bonds is 6. The highest BCUT2D eigenvalue weighted by molar-refractivity contribution is 6.06. The Labute approximate surface area is 233 Å². The van der Waals surface area contributed by atoms with E-state index in [2.05, 4.69) is 27.4 Å². The molecule has 2 aromatic carbocycles. The average Bonchev–Trinajstić information content (AvgIpc) is 3.61. The molecule has 1 amide bonds. The molecular weight excluding hydrogens is 502 g/mol. The fourth-order valence-electron chi connectivity index (χ4n) is 5.45. The Morgan fingerprint density at radius 2 is 1.77 bits per heavy atom. The second kappa shape index (κ2) is 10.4. The smallest absolute Gasteiger partial charge is 0.270 e. The zero-order valence-corrected chi connectivity index (χ0v) is 22.9. The Balaban J connectivity index is 1.42. The number of ether oxygens (including phenoxy) is 1. The zero-order chi connectivity index (χ0) is 27.8. The van der Waals surface area contributed by atoms with Crippen LogP contribution in [0, 0.1) is 12.8 Å². The second-order valence-electron chi connectivity index (χ2n) is 10.3. The first-order valence-electron chi connectivity index (χ1n) is 13.4. The number of aromatic nitrogens is 5. The number of imidazole rings is 1. The van der Waals surface area contributed by atoms with Crippen molar-refractivity contribution in [2.45, 2.75) is 39.0 Å². The highest BCUT2D eigenvalue weighted by Gasteiger charge is 2.41. The summed E-state index contributed by atoms with van der Waals surface area (Å²) in [6.45, 7) is 6.01. The Hall–Kier alpha value is -4.79. The summed E-state index contributed by atoms with van der Waals surface area (Å²) in [6.07, 6.45) is 12.8. The number of amides is 1. The van der Waals surface area contributed by atoms with E-state index in [9.17, 15) is 4.79 Å². The van der Waals surface area contributed by atoms with Crippen LogP contribution in [0.3, 0.4) is 0 Å². The Bertz CT molecular complexity index is 1630. The van der Waals surface area contributed by atoms with E-state index in [4.69, 9.17) is 9.73 Å². The molecule has 6 rings (SSSR count). The molecule has 0 spiro atoms. The lowest BCUT2D eigenvalue weighted by molar-refractivity contribution is -0.138. The molecule has 0 saturated carbocycles. The van der Waals surface area contributed by atoms with Crippen molar-refractivity contribution in [1.29, 1.82) is 0 Å². The predicted molar refractivity (Wildman–Crippen MR) is 153 cm³/mol. The fraction of sp³-hybridized carbons (Fsp3) is 0.258. The quantitative estimate of drug-likeness (QED) is 0.355. The molecule has 2 aliphatic rings. The second-order valence-corrected chi connectivity index (χ2v) is 10.3. The maximum Gasteiger partial charge on any atom is 0.270 e. The maximum absolute atomic E-state index is 14.1. The van der Waals surface area contributed by atoms with Crippen LogP contribution in [0.5, 0.6) is 5.75 Å². The van der Waals surface area contributed by atoms with Crippen LogP contribution in [-0.4, -0.2) is 60.3 Å². The number of aryl methyl sites for hydroxylation is 1. The number of hydrogen-bond donors (Lipinski definition) is 0. The largest absolute Gasteiger partial charge is 0.495 e. The number of nitrogens with zero attached hydrogens (tertiary/aromatic N) is 7. The maximum atomic E-state index is 14.1. The molecule has 0 bridgehead atoms. The lowest BCUT2D eigenvalue weighted by atomic mass is 9.86. The molecule has 3 unspecified atom stereocenters. The van der Waals surface area contributed by atoms with E-state index in [1.807, 2.05) is 97.1 Å². The minimum Gasteiger partial charge on any atom is -0.495 e. The summed E-state index contributed by atoms with van der Waals surface area (Å²) >= 11 is 0. The number of benzene rings is 2. The molecule has 0 N–H and O–H groups in total. The van der Waals surface area contributed by atoms with Gasteiger partial charge in [0.15, 0.2) is 0 Å². The summed E-state index contributed by atoms with van der Waals surface area (Å²) in [4.78, 5) is 25.4. The van der Waals surface area contributed by atoms with E-state index >= 15 is 0 Å². The summed E-state index contributed by atoms with van der Waals surface area (Å²) in [5, 5.41) is 8.84. The van der Waals surface area contributed by atoms with Gasteiger partial charge in [0.1, 0.15) is 11.4 Å². The van der Waals surface area contributed by atoms with Gasteiger partial charge in [0.25, 0.3) is 5.91 Å². The summed E-state index contributed by atoms with van der Waals surface area (Å²) in [5.41, 5.74) is 5.05. The third kappa shape index (κ3) is 4.53. The van der Waals surface area contributed by atoms with Crippen molar-refractivity contribution in [3.05, 3.63) is 103 Å². The van der Waals surface area contributed by atoms with Crippen molar-refractivity contribution in [2.24, 2.45) is 10.9 Å². The van der Waals surface area contributed by atoms with Gasteiger partial charge in [-0.25, -0.2) is 9.67 Å². The molecule has 3 atom stereocenters. The highest BCUT2D eigenvalue weighted by Crippen LogP contribution is 2.34. The van der Waals surface area contributed by atoms with Crippen LogP contribution in [0.15, 0.2) is 96.5 Å². The Morgan fingerprint density at radius 3 is 2.50 bits per heavy atom. The fourth-order valence-corrected chi connectivity index (χ4v) is 5.45. The van der Waals surface area contributed by atoms with Crippen molar-refractivity contribution < 1.29 is 9.53 Å². The topological polar surface area (TPSA) is 90.4 Å². The molecule has 202 valence electrons. The van der Waals surface area contributed by atoms with Gasteiger partial charge in [-0.15, -0.1) is 5.10 Å². The van der Waals surface area contributed by atoms with Crippen LogP contribution in [0.25, 0.3) is 16.9 Å². The van der Waals surface area contributed by atoms with Crippen molar-refractivity contribution in [1.82, 2.24) is 29.4 Å². The van der Waals surface area contributed by atoms with Crippen LogP contribution in [-0.2, 0) is 4.79 Å². The summed E-state index contributed by atoms with van der Waals surface area (Å²) in [5.74, 6) is 0.485. The molecule has 0 radical (unpaired) electrons. The van der Waals surface area contributed by atoms with Crippen molar-refractivity contribution in [3.8, 4) is 22.7 Å². The van der Waals surface area contributed by atoms with Crippen molar-refractivity contribution in [3.63, 3.8) is 0 Å². The van der Waals surface area contributed by atoms with Gasteiger partial charge in [-0.2, -0.15) is 0 Å². The minimum atomic E-state index is -0.888. The zero-order valence-electron chi connectivity index (χ0n) is 22.9. The van der Waals surface area contributed by atoms with Gasteiger partial charge in [-0.3, -0.25) is 9.79 Å². The highest BCUT2D eigenvalue weighted by atomic mass is 16.5. The third-order valence-corrected chi connectivity index (χ3v) is 7.33. The van der Waals surface area contributed by atoms with E-state index in [-0.39, 0.29) is 23.9 Å². The summed E-state index contributed by atoms with van der Waals surface area (Å²) < 4.78 is 9.17. The van der Waals surface area contributed by atoms with Crippen LogP contribution < -0.4 is 4.74 Å². The Kier molecular flexibility index (Phi) is 6.63. The molecule has 40 heavy (non-hydrogen) atoms. The molecule has 2 aromatic heterocycles. The van der Waals surface area contributed by atoms with Crippen LogP contribution in [0.1, 0.15) is 31.3 Å². The summed E-state index contributed by atoms with van der Waals surface area (Å²) in [6, 6.07) is 15.7. The SMILES string of the molecule is COc1cc(-c2cn(C3N=C(c4ccccc4)C4C=CC=CC4N(C(C)C)C3=O)nn2)ccc1-n1cnc(C)c1. The molecule has 9 heteroatoms. The molecular formula is C31H31N7O2. The third-order valence-electron chi connectivity index (χ3n) is 7.33. The molecule has 9 nitrogen and oxygen atoms in total. The standard InChI is InChI=1S/C31H31N7O2/c1-20(2)38-26-13-9-8-12-24(26)29(22-10-6-5-7-11-22)33-30(31(38)39)37-18-25(34-35-37)23-14-15-27(28(16-23)40-4)36-17-21(3)32-19-36/h5-20,24,26,30H,1-4H3. The van der Waals surface area contributed by atoms with E-state index < -0.39 is 6.17 Å². The van der Waals surface area contributed by atoms with Crippen molar-refractivity contribution >= 4 is 11.6 Å². The van der Waals surface area contributed by atoms with Crippen molar-refractivity contribution in [2.75, 3.05) is 7.11 Å². The molecule has 4 aromatic rings. The average molecular weight is 534 g/mol. The number of carbonyl (C=O) groups excluding carboxylic acids is 1. The molecule has 1 aliphatic heterocycles. The molecule has 1 aliphatic carbocycles. The lowest BCUT2D eigenvalue weighted by Crippen LogP contribution is -2.49. The van der Waals surface area contributed by atoms with Crippen LogP contribution in [0.2, 0.25) is 0 Å². The molecule has 0 saturated heterocycles. The lowest BCUT2D eigenvalue weighted by Gasteiger charge is -2.37. The van der Waals surface area contributed by atoms with Gasteiger partial charge in [0.05, 0.1) is 42.8 Å². The first-order chi connectivity index (χ1) is 19.4. The Morgan fingerprint density at radius 1 is 0.975 bits per heavy atom. The number of methoxy groups -OCH3 is 1. The van der Waals surface area contributed by atoms with E-state index in [0.717, 1.165) is 28.2 Å². The van der Waals surface area contributed by atoms with Gasteiger partial charge in [0.2, 0.25) is 6.17 Å². The molecule has 0 fully saturated rings.